The summed E-state index contributed by atoms with van der Waals surface area (Å²) in [6.07, 6.45) is 22.5. The third-order valence-electron chi connectivity index (χ3n) is 14.3. The van der Waals surface area contributed by atoms with Gasteiger partial charge in [0.05, 0.1) is 5.41 Å². The monoisotopic (exact) mass is 1150 g/mol. The maximum atomic E-state index is 6.48. The Bertz CT molecular complexity index is 3990. The van der Waals surface area contributed by atoms with E-state index in [2.05, 4.69) is 72.2 Å². The number of hydrogen-bond acceptors (Lipinski definition) is 8. The molecule has 0 amide bonds. The lowest BCUT2D eigenvalue weighted by atomic mass is 9.65. The van der Waals surface area contributed by atoms with Crippen molar-refractivity contribution in [2.45, 2.75) is 5.41 Å². The van der Waals surface area contributed by atoms with E-state index in [9.17, 15) is 0 Å². The summed E-state index contributed by atoms with van der Waals surface area (Å²) in [5.41, 5.74) is 5.72. The van der Waals surface area contributed by atoms with Crippen molar-refractivity contribution in [2.24, 2.45) is 0 Å². The van der Waals surface area contributed by atoms with E-state index in [-0.39, 0.29) is 0 Å². The van der Waals surface area contributed by atoms with Crippen LogP contribution in [0.25, 0.3) is 0 Å². The highest BCUT2D eigenvalue weighted by Crippen LogP contribution is 2.48. The van der Waals surface area contributed by atoms with Crippen molar-refractivity contribution >= 4 is 0 Å². The lowest BCUT2D eigenvalue weighted by molar-refractivity contribution is 0.468. The van der Waals surface area contributed by atoms with Gasteiger partial charge in [0.2, 0.25) is 0 Å². The van der Waals surface area contributed by atoms with Crippen molar-refractivity contribution in [3.05, 3.63) is 336 Å². The second-order valence-corrected chi connectivity index (χ2v) is 20.2. The van der Waals surface area contributed by atoms with E-state index >= 15 is 0 Å². The lowest BCUT2D eigenvalue weighted by Crippen LogP contribution is -2.31. The van der Waals surface area contributed by atoms with E-state index in [1.165, 1.54) is 0 Å². The Hall–Kier alpha value is -12.7. The SMILES string of the molecule is C#Cc1cccc(Oc2ccc(Oc3ccc(C(c4ccc(Oc5ccc(Oc6cccc(C#C)c6)cc5)cc4)(c4ccc(Oc5ccc(Oc6cccc(C#C)c6)cc5)cc4)c4ccc(Oc5ccc(Oc6cccc(C#C)c6)cc5)cc4)cc3)cc2)c1. The van der Waals surface area contributed by atoms with Crippen molar-refractivity contribution in [1.29, 1.82) is 0 Å². The summed E-state index contributed by atoms with van der Waals surface area (Å²) in [7, 11) is 0. The first-order valence-corrected chi connectivity index (χ1v) is 28.3. The topological polar surface area (TPSA) is 73.8 Å². The Morgan fingerprint density at radius 1 is 0.180 bits per heavy atom. The first-order chi connectivity index (χ1) is 43.7. The normalized spacial score (nSPS) is 10.7. The van der Waals surface area contributed by atoms with Gasteiger partial charge in [0.1, 0.15) is 92.0 Å². The molecule has 0 radical (unpaired) electrons. The van der Waals surface area contributed by atoms with Gasteiger partial charge in [-0.1, -0.05) is 96.5 Å². The van der Waals surface area contributed by atoms with E-state index in [1.807, 2.05) is 243 Å². The highest BCUT2D eigenvalue weighted by Gasteiger charge is 2.39. The van der Waals surface area contributed by atoms with Crippen LogP contribution >= 0.6 is 0 Å². The molecule has 0 aliphatic rings. The molecule has 0 fully saturated rings. The summed E-state index contributed by atoms with van der Waals surface area (Å²) in [4.78, 5) is 0. The van der Waals surface area contributed by atoms with Gasteiger partial charge in [0, 0.05) is 22.3 Å². The fourth-order valence-electron chi connectivity index (χ4n) is 10.1. The molecule has 0 atom stereocenters. The number of ether oxygens (including phenoxy) is 8. The predicted molar refractivity (Wildman–Crippen MR) is 349 cm³/mol. The summed E-state index contributed by atoms with van der Waals surface area (Å²) < 4.78 is 50.3. The molecule has 12 rings (SSSR count). The van der Waals surface area contributed by atoms with E-state index in [0.717, 1.165) is 44.5 Å². The minimum Gasteiger partial charge on any atom is -0.457 e. The maximum absolute atomic E-state index is 6.48. The first-order valence-electron chi connectivity index (χ1n) is 28.3. The molecule has 0 unspecified atom stereocenters. The van der Waals surface area contributed by atoms with Gasteiger partial charge in [0.25, 0.3) is 0 Å². The number of rotatable bonds is 20. The average Bonchev–Trinajstić information content (AvgIpc) is 1.70. The van der Waals surface area contributed by atoms with Gasteiger partial charge >= 0.3 is 0 Å². The molecule has 0 heterocycles. The van der Waals surface area contributed by atoms with Crippen LogP contribution in [0.1, 0.15) is 44.5 Å². The number of hydrogen-bond donors (Lipinski definition) is 0. The van der Waals surface area contributed by atoms with Crippen molar-refractivity contribution in [1.82, 2.24) is 0 Å². The van der Waals surface area contributed by atoms with Crippen molar-refractivity contribution in [2.75, 3.05) is 0 Å². The quantitative estimate of drug-likeness (QED) is 0.0552. The highest BCUT2D eigenvalue weighted by atomic mass is 16.5. The van der Waals surface area contributed by atoms with E-state index in [4.69, 9.17) is 63.6 Å². The van der Waals surface area contributed by atoms with Crippen LogP contribution in [0.15, 0.2) is 291 Å². The van der Waals surface area contributed by atoms with Crippen LogP contribution in [0.5, 0.6) is 92.0 Å². The lowest BCUT2D eigenvalue weighted by Gasteiger charge is -2.37. The summed E-state index contributed by atoms with van der Waals surface area (Å²) in [5.74, 6) is 20.7. The molecular weight excluding hydrogens is 1100 g/mol. The van der Waals surface area contributed by atoms with Crippen LogP contribution in [0.4, 0.5) is 0 Å². The van der Waals surface area contributed by atoms with Gasteiger partial charge in [-0.15, -0.1) is 25.7 Å². The third-order valence-corrected chi connectivity index (χ3v) is 14.3. The zero-order chi connectivity index (χ0) is 60.8. The fourth-order valence-corrected chi connectivity index (χ4v) is 10.1. The summed E-state index contributed by atoms with van der Waals surface area (Å²) >= 11 is 0. The molecule has 8 heteroatoms. The Morgan fingerprint density at radius 3 is 0.483 bits per heavy atom. The molecule has 12 aromatic carbocycles. The van der Waals surface area contributed by atoms with E-state index in [1.54, 1.807) is 0 Å². The molecule has 0 saturated carbocycles. The van der Waals surface area contributed by atoms with E-state index < -0.39 is 5.41 Å². The minimum absolute atomic E-state index is 0.626. The third kappa shape index (κ3) is 13.8. The molecule has 89 heavy (non-hydrogen) atoms. The van der Waals surface area contributed by atoms with Gasteiger partial charge in [0.15, 0.2) is 0 Å². The zero-order valence-corrected chi connectivity index (χ0v) is 47.8. The first kappa shape index (κ1) is 56.7. The van der Waals surface area contributed by atoms with Gasteiger partial charge in [-0.25, -0.2) is 0 Å². The predicted octanol–water partition coefficient (Wildman–Crippen LogP) is 20.3. The molecule has 12 aromatic rings. The second kappa shape index (κ2) is 26.5. The van der Waals surface area contributed by atoms with Gasteiger partial charge in [-0.2, -0.15) is 0 Å². The van der Waals surface area contributed by atoms with Crippen LogP contribution in [0.3, 0.4) is 0 Å². The average molecular weight is 1150 g/mol. The van der Waals surface area contributed by atoms with E-state index in [0.29, 0.717) is 92.0 Å². The molecule has 0 saturated heterocycles. The number of terminal acetylenes is 4. The molecule has 0 N–H and O–H groups in total. The van der Waals surface area contributed by atoms with Crippen molar-refractivity contribution in [3.63, 3.8) is 0 Å². The molecule has 0 aliphatic heterocycles. The Morgan fingerprint density at radius 2 is 0.326 bits per heavy atom. The molecule has 0 aromatic heterocycles. The second-order valence-electron chi connectivity index (χ2n) is 20.2. The Balaban J connectivity index is 0.877. The van der Waals surface area contributed by atoms with Crippen LogP contribution in [-0.2, 0) is 5.41 Å². The fraction of sp³-hybridized carbons (Fsp3) is 0.0123. The molecule has 0 bridgehead atoms. The number of benzene rings is 12. The molecule has 0 spiro atoms. The molecule has 424 valence electrons. The van der Waals surface area contributed by atoms with Crippen LogP contribution < -0.4 is 37.9 Å². The summed E-state index contributed by atoms with van der Waals surface area (Å²) in [6, 6.07) is 91.9. The van der Waals surface area contributed by atoms with Gasteiger partial charge < -0.3 is 37.9 Å². The molecule has 0 aliphatic carbocycles. The standard InChI is InChI=1S/C81H52O8/c1-5-57-13-9-17-77(53-57)86-73-45-37-69(38-46-73)82-65-29-21-61(22-30-65)81(62-23-31-66(32-24-62)83-70-39-47-74(48-40-70)87-78-18-10-14-58(6-2)54-78,63-25-33-67(34-26-63)84-71-41-49-75(50-42-71)88-79-19-11-15-59(7-3)55-79)64-27-35-68(36-28-64)85-72-43-51-76(52-44-72)89-80-20-12-16-60(8-4)56-80/h1-4,9-56H. The highest BCUT2D eigenvalue weighted by molar-refractivity contribution is 5.62. The van der Waals surface area contributed by atoms with Gasteiger partial charge in [-0.3, -0.25) is 0 Å². The van der Waals surface area contributed by atoms with Crippen LogP contribution in [0.2, 0.25) is 0 Å². The van der Waals surface area contributed by atoms with Gasteiger partial charge in [-0.05, 0) is 241 Å². The van der Waals surface area contributed by atoms with Crippen molar-refractivity contribution in [3.8, 4) is 141 Å². The van der Waals surface area contributed by atoms with Crippen LogP contribution in [-0.4, -0.2) is 0 Å². The molecule has 8 nitrogen and oxygen atoms in total. The van der Waals surface area contributed by atoms with Crippen molar-refractivity contribution < 1.29 is 37.9 Å². The van der Waals surface area contributed by atoms with Crippen LogP contribution in [0, 0.1) is 49.4 Å². The summed E-state index contributed by atoms with van der Waals surface area (Å²) in [5, 5.41) is 0. The Kier molecular flexibility index (Phi) is 16.9. The zero-order valence-electron chi connectivity index (χ0n) is 47.8. The minimum atomic E-state index is -0.967. The smallest absolute Gasteiger partial charge is 0.128 e. The largest absolute Gasteiger partial charge is 0.457 e. The summed E-state index contributed by atoms with van der Waals surface area (Å²) in [6.45, 7) is 0. The Labute approximate surface area is 517 Å². The maximum Gasteiger partial charge on any atom is 0.128 e. The molecular formula is C81H52O8.